The Morgan fingerprint density at radius 1 is 1.19 bits per heavy atom. The number of hydrogen-bond donors (Lipinski definition) is 2. The third kappa shape index (κ3) is 3.48. The molecule has 2 aromatic rings. The minimum atomic E-state index is -1.07. The second-order valence-corrected chi connectivity index (χ2v) is 9.44. The van der Waals surface area contributed by atoms with Crippen molar-refractivity contribution in [1.29, 1.82) is 0 Å². The molecule has 0 radical (unpaired) electrons. The number of phenols is 1. The number of Topliss-reactive ketones (excluding diaryl/α,β-unsaturated/α-hetero) is 1. The molecule has 3 aliphatic rings. The molecule has 1 saturated heterocycles. The summed E-state index contributed by atoms with van der Waals surface area (Å²) in [5.41, 5.74) is 1.59. The van der Waals surface area contributed by atoms with Crippen LogP contribution in [0.4, 0.5) is 0 Å². The maximum atomic E-state index is 13.5. The Morgan fingerprint density at radius 2 is 1.94 bits per heavy atom. The zero-order chi connectivity index (χ0) is 22.5. The highest BCUT2D eigenvalue weighted by Gasteiger charge is 2.56. The van der Waals surface area contributed by atoms with Crippen molar-refractivity contribution in [2.75, 3.05) is 0 Å². The van der Waals surface area contributed by atoms with E-state index in [9.17, 15) is 19.5 Å². The highest BCUT2D eigenvalue weighted by Crippen LogP contribution is 2.44. The van der Waals surface area contributed by atoms with E-state index in [4.69, 9.17) is 0 Å². The lowest BCUT2D eigenvalue weighted by atomic mass is 9.84. The number of aromatic hydroxyl groups is 1. The number of carbonyl (C=O) groups is 3. The maximum Gasteiger partial charge on any atom is 0.232 e. The van der Waals surface area contributed by atoms with Crippen molar-refractivity contribution in [2.45, 2.75) is 57.2 Å². The summed E-state index contributed by atoms with van der Waals surface area (Å²) >= 11 is 0. The van der Waals surface area contributed by atoms with Gasteiger partial charge in [0.1, 0.15) is 17.2 Å². The molecule has 1 aliphatic heterocycles. The second kappa shape index (κ2) is 7.76. The van der Waals surface area contributed by atoms with E-state index in [0.717, 1.165) is 29.5 Å². The first-order valence-corrected chi connectivity index (χ1v) is 11.4. The molecule has 0 aromatic heterocycles. The topological polar surface area (TPSA) is 86.7 Å². The van der Waals surface area contributed by atoms with Gasteiger partial charge in [-0.15, -0.1) is 0 Å². The number of fused-ring (bicyclic) bond motifs is 2. The van der Waals surface area contributed by atoms with Crippen LogP contribution in [-0.4, -0.2) is 33.6 Å². The van der Waals surface area contributed by atoms with Crippen LogP contribution in [0, 0.1) is 11.8 Å². The molecule has 32 heavy (non-hydrogen) atoms. The van der Waals surface area contributed by atoms with Gasteiger partial charge in [0.15, 0.2) is 5.78 Å². The first-order chi connectivity index (χ1) is 15.4. The smallest absolute Gasteiger partial charge is 0.232 e. The number of rotatable bonds is 6. The lowest BCUT2D eigenvalue weighted by Crippen LogP contribution is -2.42. The minimum Gasteiger partial charge on any atom is -0.508 e. The van der Waals surface area contributed by atoms with Crippen LogP contribution < -0.4 is 5.32 Å². The van der Waals surface area contributed by atoms with Crippen molar-refractivity contribution >= 4 is 17.6 Å². The highest BCUT2D eigenvalue weighted by atomic mass is 16.3. The Kier molecular flexibility index (Phi) is 5.03. The number of hydrogen-bond acceptors (Lipinski definition) is 4. The van der Waals surface area contributed by atoms with E-state index in [1.54, 1.807) is 18.2 Å². The fraction of sp³-hybridized carbons (Fsp3) is 0.423. The molecule has 0 bridgehead atoms. The second-order valence-electron chi connectivity index (χ2n) is 9.44. The lowest BCUT2D eigenvalue weighted by molar-refractivity contribution is -0.140. The highest BCUT2D eigenvalue weighted by molar-refractivity contribution is 6.15. The van der Waals surface area contributed by atoms with Crippen LogP contribution in [0.5, 0.6) is 5.75 Å². The first-order valence-electron chi connectivity index (χ1n) is 11.4. The number of aryl methyl sites for hydroxylation is 1. The van der Waals surface area contributed by atoms with Gasteiger partial charge in [-0.3, -0.25) is 14.4 Å². The molecular formula is C26H28N2O4. The van der Waals surface area contributed by atoms with Crippen molar-refractivity contribution in [3.8, 4) is 5.75 Å². The van der Waals surface area contributed by atoms with E-state index >= 15 is 0 Å². The molecule has 2 N–H and O–H groups in total. The van der Waals surface area contributed by atoms with E-state index < -0.39 is 11.5 Å². The molecule has 2 fully saturated rings. The number of benzene rings is 2. The molecule has 1 spiro atoms. The number of ketones is 1. The fourth-order valence-corrected chi connectivity index (χ4v) is 5.37. The Balaban J connectivity index is 1.37. The van der Waals surface area contributed by atoms with Crippen LogP contribution in [0.3, 0.4) is 0 Å². The van der Waals surface area contributed by atoms with Gasteiger partial charge in [-0.1, -0.05) is 36.4 Å². The van der Waals surface area contributed by atoms with Gasteiger partial charge in [-0.25, -0.2) is 0 Å². The van der Waals surface area contributed by atoms with Crippen LogP contribution in [-0.2, 0) is 32.9 Å². The number of nitrogens with one attached hydrogen (secondary N) is 1. The molecular weight excluding hydrogens is 404 g/mol. The van der Waals surface area contributed by atoms with Crippen molar-refractivity contribution in [2.24, 2.45) is 11.8 Å². The molecule has 1 heterocycles. The van der Waals surface area contributed by atoms with E-state index in [1.807, 2.05) is 35.2 Å². The number of amides is 2. The summed E-state index contributed by atoms with van der Waals surface area (Å²) in [6.45, 7) is 2.54. The Hall–Kier alpha value is -3.15. The van der Waals surface area contributed by atoms with Crippen molar-refractivity contribution < 1.29 is 19.5 Å². The predicted octanol–water partition coefficient (Wildman–Crippen LogP) is 3.07. The molecule has 6 nitrogen and oxygen atoms in total. The largest absolute Gasteiger partial charge is 0.508 e. The summed E-state index contributed by atoms with van der Waals surface area (Å²) < 4.78 is 0. The van der Waals surface area contributed by atoms with E-state index in [2.05, 4.69) is 12.2 Å². The van der Waals surface area contributed by atoms with Crippen LogP contribution in [0.15, 0.2) is 48.5 Å². The Labute approximate surface area is 187 Å². The molecule has 2 aliphatic carbocycles. The van der Waals surface area contributed by atoms with Crippen molar-refractivity contribution in [1.82, 2.24) is 10.2 Å². The molecule has 166 valence electrons. The van der Waals surface area contributed by atoms with E-state index in [1.165, 1.54) is 0 Å². The SMILES string of the molecule is C[C@@H](C1CC1)N(Cc1ccccc1)C(=O)CC1C(=O)NC2(CCc3cc(O)ccc32)C1=O. The van der Waals surface area contributed by atoms with Gasteiger partial charge in [0.25, 0.3) is 0 Å². The molecule has 2 aromatic carbocycles. The average molecular weight is 433 g/mol. The number of phenolic OH excluding ortho intramolecular Hbond substituents is 1. The third-order valence-corrected chi connectivity index (χ3v) is 7.40. The summed E-state index contributed by atoms with van der Waals surface area (Å²) in [6, 6.07) is 14.8. The summed E-state index contributed by atoms with van der Waals surface area (Å²) in [5.74, 6) is -1.09. The average Bonchev–Trinajstić information content (AvgIpc) is 3.54. The number of carbonyl (C=O) groups excluding carboxylic acids is 3. The summed E-state index contributed by atoms with van der Waals surface area (Å²) in [6.07, 6.45) is 3.18. The van der Waals surface area contributed by atoms with Crippen LogP contribution >= 0.6 is 0 Å². The standard InChI is InChI=1S/C26H28N2O4/c1-16(18-7-8-18)28(15-17-5-3-2-4-6-17)23(30)14-21-24(31)26(27-25(21)32)12-11-19-13-20(29)9-10-22(19)26/h2-6,9-10,13,16,18,21,29H,7-8,11-12,14-15H2,1H3,(H,27,32)/t16-,21?,26?/m0/s1. The molecule has 5 rings (SSSR count). The maximum absolute atomic E-state index is 13.5. The van der Waals surface area contributed by atoms with Gasteiger partial charge in [-0.2, -0.15) is 0 Å². The van der Waals surface area contributed by atoms with Crippen LogP contribution in [0.25, 0.3) is 0 Å². The normalized spacial score (nSPS) is 25.0. The summed E-state index contributed by atoms with van der Waals surface area (Å²) in [4.78, 5) is 41.7. The first kappa shape index (κ1) is 20.7. The van der Waals surface area contributed by atoms with Gasteiger partial charge < -0.3 is 15.3 Å². The van der Waals surface area contributed by atoms with Gasteiger partial charge in [0.05, 0.1) is 0 Å². The molecule has 6 heteroatoms. The summed E-state index contributed by atoms with van der Waals surface area (Å²) in [7, 11) is 0. The van der Waals surface area contributed by atoms with Gasteiger partial charge in [0, 0.05) is 19.0 Å². The lowest BCUT2D eigenvalue weighted by Gasteiger charge is -2.30. The quantitative estimate of drug-likeness (QED) is 0.687. The minimum absolute atomic E-state index is 0.0754. The Morgan fingerprint density at radius 3 is 2.66 bits per heavy atom. The van der Waals surface area contributed by atoms with Crippen molar-refractivity contribution in [3.05, 3.63) is 65.2 Å². The molecule has 3 atom stereocenters. The predicted molar refractivity (Wildman–Crippen MR) is 119 cm³/mol. The van der Waals surface area contributed by atoms with Crippen LogP contribution in [0.1, 0.15) is 49.3 Å². The fourth-order valence-electron chi connectivity index (χ4n) is 5.37. The third-order valence-electron chi connectivity index (χ3n) is 7.40. The monoisotopic (exact) mass is 432 g/mol. The van der Waals surface area contributed by atoms with Gasteiger partial charge >= 0.3 is 0 Å². The van der Waals surface area contributed by atoms with Gasteiger partial charge in [-0.05, 0) is 67.3 Å². The van der Waals surface area contributed by atoms with E-state index in [0.29, 0.717) is 25.3 Å². The van der Waals surface area contributed by atoms with E-state index in [-0.39, 0.29) is 35.8 Å². The van der Waals surface area contributed by atoms with Gasteiger partial charge in [0.2, 0.25) is 11.8 Å². The molecule has 2 unspecified atom stereocenters. The van der Waals surface area contributed by atoms with Crippen molar-refractivity contribution in [3.63, 3.8) is 0 Å². The van der Waals surface area contributed by atoms with Crippen LogP contribution in [0.2, 0.25) is 0 Å². The molecule has 1 saturated carbocycles. The zero-order valence-corrected chi connectivity index (χ0v) is 18.2. The Bertz CT molecular complexity index is 1080. The number of nitrogens with zero attached hydrogens (tertiary/aromatic N) is 1. The summed E-state index contributed by atoms with van der Waals surface area (Å²) in [5, 5.41) is 12.7. The zero-order valence-electron chi connectivity index (χ0n) is 18.2. The molecule has 2 amide bonds.